The Balaban J connectivity index is 2.73. The van der Waals surface area contributed by atoms with Crippen LogP contribution < -0.4 is 0 Å². The van der Waals surface area contributed by atoms with Crippen molar-refractivity contribution in [2.75, 3.05) is 0 Å². The van der Waals surface area contributed by atoms with Crippen molar-refractivity contribution < 1.29 is 13.6 Å². The van der Waals surface area contributed by atoms with Crippen LogP contribution in [-0.4, -0.2) is 5.78 Å². The summed E-state index contributed by atoms with van der Waals surface area (Å²) >= 11 is 23.4. The first kappa shape index (κ1) is 16.5. The fourth-order valence-corrected chi connectivity index (χ4v) is 2.85. The Hall–Kier alpha value is -0.870. The molecule has 0 saturated carbocycles. The molecule has 0 heterocycles. The van der Waals surface area contributed by atoms with Crippen LogP contribution in [0.5, 0.6) is 0 Å². The highest BCUT2D eigenvalue weighted by Gasteiger charge is 2.26. The molecule has 0 amide bonds. The lowest BCUT2D eigenvalue weighted by Crippen LogP contribution is -2.10. The minimum Gasteiger partial charge on any atom is -0.288 e. The summed E-state index contributed by atoms with van der Waals surface area (Å²) in [6.45, 7) is 1.41. The first-order valence-corrected chi connectivity index (χ1v) is 7.09. The van der Waals surface area contributed by atoms with Gasteiger partial charge in [0.25, 0.3) is 0 Å². The van der Waals surface area contributed by atoms with E-state index in [2.05, 4.69) is 0 Å². The van der Waals surface area contributed by atoms with Crippen molar-refractivity contribution in [3.8, 4) is 0 Å². The van der Waals surface area contributed by atoms with E-state index in [1.54, 1.807) is 0 Å². The second kappa shape index (κ2) is 6.09. The Morgan fingerprint density at radius 2 is 1.57 bits per heavy atom. The van der Waals surface area contributed by atoms with E-state index >= 15 is 0 Å². The van der Waals surface area contributed by atoms with Crippen molar-refractivity contribution in [1.29, 1.82) is 0 Å². The van der Waals surface area contributed by atoms with Crippen molar-refractivity contribution in [2.45, 2.75) is 6.92 Å². The number of hydrogen-bond acceptors (Lipinski definition) is 1. The third-order valence-corrected chi connectivity index (χ3v) is 4.41. The summed E-state index contributed by atoms with van der Waals surface area (Å²) in [7, 11) is 0. The SMILES string of the molecule is Cc1ccc(F)c(C(=O)c2c(Cl)cc(Cl)c(Cl)c2Cl)c1F. The second-order valence-electron chi connectivity index (χ2n) is 4.23. The van der Waals surface area contributed by atoms with Crippen LogP contribution >= 0.6 is 46.4 Å². The van der Waals surface area contributed by atoms with Crippen LogP contribution in [0.25, 0.3) is 0 Å². The first-order valence-electron chi connectivity index (χ1n) is 5.58. The number of halogens is 6. The molecule has 0 unspecified atom stereocenters. The lowest BCUT2D eigenvalue weighted by atomic mass is 10.00. The molecule has 0 radical (unpaired) electrons. The topological polar surface area (TPSA) is 17.1 Å². The van der Waals surface area contributed by atoms with Crippen LogP contribution in [0.4, 0.5) is 8.78 Å². The minimum atomic E-state index is -1.01. The highest BCUT2D eigenvalue weighted by molar-refractivity contribution is 6.51. The summed E-state index contributed by atoms with van der Waals surface area (Å²) in [5.74, 6) is -2.98. The molecule has 0 spiro atoms. The molecule has 0 fully saturated rings. The minimum absolute atomic E-state index is 0.0356. The Kier molecular flexibility index (Phi) is 4.79. The van der Waals surface area contributed by atoms with Crippen molar-refractivity contribution in [2.24, 2.45) is 0 Å². The summed E-state index contributed by atoms with van der Waals surface area (Å²) < 4.78 is 27.8. The Morgan fingerprint density at radius 3 is 2.19 bits per heavy atom. The quantitative estimate of drug-likeness (QED) is 0.354. The normalized spacial score (nSPS) is 10.8. The third-order valence-electron chi connectivity index (χ3n) is 2.85. The van der Waals surface area contributed by atoms with E-state index < -0.39 is 23.0 Å². The molecule has 0 saturated heterocycles. The van der Waals surface area contributed by atoms with Crippen LogP contribution in [0.1, 0.15) is 21.5 Å². The molecule has 1 nitrogen and oxygen atoms in total. The monoisotopic (exact) mass is 368 g/mol. The number of carbonyl (C=O) groups is 1. The van der Waals surface area contributed by atoms with Crippen molar-refractivity contribution in [3.05, 3.63) is 66.6 Å². The molecule has 0 bridgehead atoms. The smallest absolute Gasteiger partial charge is 0.202 e. The number of hydrogen-bond donors (Lipinski definition) is 0. The van der Waals surface area contributed by atoms with Crippen LogP contribution in [-0.2, 0) is 0 Å². The maximum atomic E-state index is 14.0. The molecule has 7 heteroatoms. The van der Waals surface area contributed by atoms with Crippen molar-refractivity contribution in [3.63, 3.8) is 0 Å². The standard InChI is InChI=1S/C14H6Cl4F2O/c1-5-2-3-8(19)10(13(5)20)14(21)9-6(15)4-7(16)11(17)12(9)18/h2-4H,1H3. The van der Waals surface area contributed by atoms with Gasteiger partial charge in [-0.1, -0.05) is 52.5 Å². The van der Waals surface area contributed by atoms with Gasteiger partial charge in [-0.2, -0.15) is 0 Å². The first-order chi connectivity index (χ1) is 9.75. The summed E-state index contributed by atoms with van der Waals surface area (Å²) in [6, 6.07) is 3.40. The van der Waals surface area contributed by atoms with Crippen LogP contribution in [0.3, 0.4) is 0 Å². The summed E-state index contributed by atoms with van der Waals surface area (Å²) in [4.78, 5) is 12.4. The number of benzene rings is 2. The van der Waals surface area contributed by atoms with Gasteiger partial charge in [0, 0.05) is 0 Å². The number of carbonyl (C=O) groups excluding carboxylic acids is 1. The molecular formula is C14H6Cl4F2O. The van der Waals surface area contributed by atoms with E-state index in [4.69, 9.17) is 46.4 Å². The van der Waals surface area contributed by atoms with Crippen molar-refractivity contribution in [1.82, 2.24) is 0 Å². The fourth-order valence-electron chi connectivity index (χ4n) is 1.76. The highest BCUT2D eigenvalue weighted by atomic mass is 35.5. The molecule has 0 aliphatic heterocycles. The Morgan fingerprint density at radius 1 is 0.952 bits per heavy atom. The molecule has 0 aromatic heterocycles. The van der Waals surface area contributed by atoms with Crippen LogP contribution in [0.15, 0.2) is 18.2 Å². The molecule has 110 valence electrons. The van der Waals surface area contributed by atoms with E-state index in [9.17, 15) is 13.6 Å². The molecule has 21 heavy (non-hydrogen) atoms. The maximum Gasteiger partial charge on any atom is 0.202 e. The average molecular weight is 370 g/mol. The van der Waals surface area contributed by atoms with Crippen LogP contribution in [0, 0.1) is 18.6 Å². The predicted molar refractivity (Wildman–Crippen MR) is 81.0 cm³/mol. The van der Waals surface area contributed by atoms with Gasteiger partial charge in [0.2, 0.25) is 5.78 Å². The number of aryl methyl sites for hydroxylation is 1. The lowest BCUT2D eigenvalue weighted by Gasteiger charge is -2.11. The zero-order chi connectivity index (χ0) is 15.9. The fraction of sp³-hybridized carbons (Fsp3) is 0.0714. The van der Waals surface area contributed by atoms with Gasteiger partial charge in [0.05, 0.1) is 31.2 Å². The largest absolute Gasteiger partial charge is 0.288 e. The zero-order valence-corrected chi connectivity index (χ0v) is 13.4. The summed E-state index contributed by atoms with van der Waals surface area (Å²) in [5.41, 5.74) is -0.916. The van der Waals surface area contributed by atoms with Gasteiger partial charge in [-0.25, -0.2) is 8.78 Å². The molecule has 0 aliphatic carbocycles. The van der Waals surface area contributed by atoms with Gasteiger partial charge in [-0.3, -0.25) is 4.79 Å². The molecular weight excluding hydrogens is 364 g/mol. The number of ketones is 1. The second-order valence-corrected chi connectivity index (χ2v) is 5.80. The Labute approximate surface area is 139 Å². The van der Waals surface area contributed by atoms with Gasteiger partial charge in [-0.15, -0.1) is 0 Å². The van der Waals surface area contributed by atoms with Crippen LogP contribution in [0.2, 0.25) is 20.1 Å². The molecule has 2 aromatic rings. The molecule has 2 rings (SSSR count). The van der Waals surface area contributed by atoms with E-state index in [-0.39, 0.29) is 31.2 Å². The summed E-state index contributed by atoms with van der Waals surface area (Å²) in [5, 5.41) is -0.466. The highest BCUT2D eigenvalue weighted by Crippen LogP contribution is 2.39. The third kappa shape index (κ3) is 2.88. The van der Waals surface area contributed by atoms with Gasteiger partial charge < -0.3 is 0 Å². The van der Waals surface area contributed by atoms with E-state index in [1.165, 1.54) is 19.1 Å². The van der Waals surface area contributed by atoms with E-state index in [1.807, 2.05) is 0 Å². The summed E-state index contributed by atoms with van der Waals surface area (Å²) in [6.07, 6.45) is 0. The average Bonchev–Trinajstić information content (AvgIpc) is 2.41. The molecule has 0 aliphatic rings. The lowest BCUT2D eigenvalue weighted by molar-refractivity contribution is 0.103. The number of rotatable bonds is 2. The van der Waals surface area contributed by atoms with Gasteiger partial charge in [0.1, 0.15) is 11.6 Å². The van der Waals surface area contributed by atoms with Gasteiger partial charge >= 0.3 is 0 Å². The van der Waals surface area contributed by atoms with Gasteiger partial charge in [0.15, 0.2) is 0 Å². The molecule has 2 aromatic carbocycles. The van der Waals surface area contributed by atoms with E-state index in [0.29, 0.717) is 0 Å². The van der Waals surface area contributed by atoms with E-state index in [0.717, 1.165) is 6.07 Å². The maximum absolute atomic E-state index is 14.0. The zero-order valence-electron chi connectivity index (χ0n) is 10.4. The van der Waals surface area contributed by atoms with Crippen molar-refractivity contribution >= 4 is 52.2 Å². The van der Waals surface area contributed by atoms with Gasteiger partial charge in [-0.05, 0) is 24.6 Å². The Bertz CT molecular complexity index is 759. The predicted octanol–water partition coefficient (Wildman–Crippen LogP) is 6.12. The molecule has 0 atom stereocenters. The molecule has 0 N–H and O–H groups in total.